The van der Waals surface area contributed by atoms with Crippen molar-refractivity contribution in [1.29, 1.82) is 0 Å². The molecule has 2 N–H and O–H groups in total. The molecule has 0 saturated heterocycles. The second-order valence-electron chi connectivity index (χ2n) is 3.13. The van der Waals surface area contributed by atoms with Gasteiger partial charge in [0.05, 0.1) is 0 Å². The molecular weight excluding hydrogens is 184 g/mol. The highest BCUT2D eigenvalue weighted by Crippen LogP contribution is 2.29. The minimum atomic E-state index is -0.938. The first-order chi connectivity index (χ1) is 6.72. The van der Waals surface area contributed by atoms with Crippen molar-refractivity contribution in [2.75, 3.05) is 0 Å². The smallest absolute Gasteiger partial charge is 0.325 e. The minimum absolute atomic E-state index is 0.263. The van der Waals surface area contributed by atoms with Gasteiger partial charge >= 0.3 is 5.97 Å². The summed E-state index contributed by atoms with van der Waals surface area (Å²) >= 11 is 0. The number of nitrogens with zero attached hydrogens (tertiary/aromatic N) is 1. The molecule has 5 nitrogen and oxygen atoms in total. The maximum atomic E-state index is 10.8. The van der Waals surface area contributed by atoms with Crippen LogP contribution in [0.3, 0.4) is 0 Å². The summed E-state index contributed by atoms with van der Waals surface area (Å²) in [6, 6.07) is 4.10. The number of hydrogen-bond donors (Lipinski definition) is 2. The number of aliphatic carboxylic acids is 1. The fourth-order valence-corrected chi connectivity index (χ4v) is 1.61. The number of carbonyl (C=O) groups is 1. The number of nitroso groups, excluding NO2 is 1. The predicted molar refractivity (Wildman–Crippen MR) is 49.1 cm³/mol. The Kier molecular flexibility index (Phi) is 2.01. The Balaban J connectivity index is 2.46. The molecule has 0 spiro atoms. The first-order valence-corrected chi connectivity index (χ1v) is 4.15. The Morgan fingerprint density at radius 3 is 3.00 bits per heavy atom. The van der Waals surface area contributed by atoms with Gasteiger partial charge in [-0.3, -0.25) is 10.1 Å². The average molecular weight is 192 g/mol. The Morgan fingerprint density at radius 1 is 1.57 bits per heavy atom. The molecule has 1 aliphatic heterocycles. The Morgan fingerprint density at radius 2 is 2.36 bits per heavy atom. The standard InChI is InChI=1S/C9H8N2O3/c12-9(13)8-7-3-6(11-14)2-1-5(7)4-10-8/h1-3,8,10H,4H2,(H,12,13)/t8-/m0/s1. The highest BCUT2D eigenvalue weighted by Gasteiger charge is 2.27. The van der Waals surface area contributed by atoms with Gasteiger partial charge < -0.3 is 5.11 Å². The Bertz CT molecular complexity index is 403. The first kappa shape index (κ1) is 8.83. The van der Waals surface area contributed by atoms with E-state index in [0.29, 0.717) is 12.1 Å². The molecule has 1 aromatic carbocycles. The zero-order valence-corrected chi connectivity index (χ0v) is 7.23. The van der Waals surface area contributed by atoms with Crippen LogP contribution >= 0.6 is 0 Å². The zero-order valence-electron chi connectivity index (χ0n) is 7.23. The molecule has 0 unspecified atom stereocenters. The monoisotopic (exact) mass is 192 g/mol. The molecular formula is C9H8N2O3. The van der Waals surface area contributed by atoms with Gasteiger partial charge in [0.15, 0.2) is 0 Å². The second-order valence-corrected chi connectivity index (χ2v) is 3.13. The van der Waals surface area contributed by atoms with Crippen LogP contribution in [0.5, 0.6) is 0 Å². The van der Waals surface area contributed by atoms with Crippen molar-refractivity contribution >= 4 is 11.7 Å². The van der Waals surface area contributed by atoms with Crippen molar-refractivity contribution in [3.63, 3.8) is 0 Å². The van der Waals surface area contributed by atoms with Crippen LogP contribution in [-0.2, 0) is 11.3 Å². The van der Waals surface area contributed by atoms with Gasteiger partial charge in [0.25, 0.3) is 0 Å². The van der Waals surface area contributed by atoms with E-state index >= 15 is 0 Å². The molecule has 72 valence electrons. The predicted octanol–water partition coefficient (Wildman–Crippen LogP) is 1.31. The van der Waals surface area contributed by atoms with Crippen molar-refractivity contribution in [3.05, 3.63) is 34.2 Å². The third-order valence-corrected chi connectivity index (χ3v) is 2.29. The molecule has 14 heavy (non-hydrogen) atoms. The summed E-state index contributed by atoms with van der Waals surface area (Å²) in [6.45, 7) is 0.519. The van der Waals surface area contributed by atoms with E-state index in [-0.39, 0.29) is 5.69 Å². The largest absolute Gasteiger partial charge is 0.480 e. The number of carboxylic acid groups (broad SMARTS) is 1. The van der Waals surface area contributed by atoms with Gasteiger partial charge in [0.1, 0.15) is 11.7 Å². The first-order valence-electron chi connectivity index (χ1n) is 4.15. The van der Waals surface area contributed by atoms with Crippen LogP contribution in [0.25, 0.3) is 0 Å². The lowest BCUT2D eigenvalue weighted by Gasteiger charge is -2.05. The van der Waals surface area contributed by atoms with Gasteiger partial charge in [0, 0.05) is 6.54 Å². The number of nitrogens with one attached hydrogen (secondary N) is 1. The van der Waals surface area contributed by atoms with Crippen molar-refractivity contribution in [2.24, 2.45) is 5.18 Å². The van der Waals surface area contributed by atoms with Crippen LogP contribution in [0.4, 0.5) is 5.69 Å². The minimum Gasteiger partial charge on any atom is -0.480 e. The molecule has 1 aromatic rings. The number of carboxylic acids is 1. The van der Waals surface area contributed by atoms with Crippen LogP contribution < -0.4 is 5.32 Å². The molecule has 0 aromatic heterocycles. The molecule has 0 saturated carbocycles. The summed E-state index contributed by atoms with van der Waals surface area (Å²) in [5.41, 5.74) is 1.80. The number of fused-ring (bicyclic) bond motifs is 1. The molecule has 0 radical (unpaired) electrons. The van der Waals surface area contributed by atoms with Crippen LogP contribution in [-0.4, -0.2) is 11.1 Å². The van der Waals surface area contributed by atoms with E-state index in [1.54, 1.807) is 12.1 Å². The Hall–Kier alpha value is -1.75. The maximum Gasteiger partial charge on any atom is 0.325 e. The molecule has 0 amide bonds. The molecule has 5 heteroatoms. The summed E-state index contributed by atoms with van der Waals surface area (Å²) in [7, 11) is 0. The zero-order chi connectivity index (χ0) is 10.1. The third kappa shape index (κ3) is 1.27. The van der Waals surface area contributed by atoms with Gasteiger partial charge in [0.2, 0.25) is 0 Å². The van der Waals surface area contributed by atoms with Gasteiger partial charge in [-0.05, 0) is 28.4 Å². The highest BCUT2D eigenvalue weighted by atomic mass is 16.4. The lowest BCUT2D eigenvalue weighted by atomic mass is 10.0. The molecule has 1 aliphatic rings. The molecule has 1 heterocycles. The SMILES string of the molecule is O=Nc1ccc2c(c1)[C@@H](C(=O)O)NC2. The lowest BCUT2D eigenvalue weighted by Crippen LogP contribution is -2.21. The summed E-state index contributed by atoms with van der Waals surface area (Å²) < 4.78 is 0. The molecule has 1 atom stereocenters. The van der Waals surface area contributed by atoms with Crippen molar-refractivity contribution < 1.29 is 9.90 Å². The lowest BCUT2D eigenvalue weighted by molar-refractivity contribution is -0.139. The maximum absolute atomic E-state index is 10.8. The topological polar surface area (TPSA) is 78.8 Å². The van der Waals surface area contributed by atoms with Crippen LogP contribution in [0.2, 0.25) is 0 Å². The molecule has 0 bridgehead atoms. The van der Waals surface area contributed by atoms with E-state index in [1.807, 2.05) is 0 Å². The van der Waals surface area contributed by atoms with E-state index < -0.39 is 12.0 Å². The molecule has 0 aliphatic carbocycles. The fourth-order valence-electron chi connectivity index (χ4n) is 1.61. The fraction of sp³-hybridized carbons (Fsp3) is 0.222. The van der Waals surface area contributed by atoms with Crippen molar-refractivity contribution in [2.45, 2.75) is 12.6 Å². The number of hydrogen-bond acceptors (Lipinski definition) is 4. The number of rotatable bonds is 2. The van der Waals surface area contributed by atoms with E-state index in [4.69, 9.17) is 5.11 Å². The van der Waals surface area contributed by atoms with Gasteiger partial charge in [-0.1, -0.05) is 6.07 Å². The third-order valence-electron chi connectivity index (χ3n) is 2.29. The van der Waals surface area contributed by atoms with E-state index in [9.17, 15) is 9.70 Å². The summed E-state index contributed by atoms with van der Waals surface area (Å²) in [5.74, 6) is -0.938. The second kappa shape index (κ2) is 3.19. The van der Waals surface area contributed by atoms with Gasteiger partial charge in [-0.15, -0.1) is 4.91 Å². The average Bonchev–Trinajstić information content (AvgIpc) is 2.59. The van der Waals surface area contributed by atoms with E-state index in [1.165, 1.54) is 6.07 Å². The van der Waals surface area contributed by atoms with Crippen molar-refractivity contribution in [1.82, 2.24) is 5.32 Å². The molecule has 2 rings (SSSR count). The normalized spacial score (nSPS) is 19.0. The summed E-state index contributed by atoms with van der Waals surface area (Å²) in [5, 5.41) is 14.5. The summed E-state index contributed by atoms with van der Waals surface area (Å²) in [4.78, 5) is 21.1. The van der Waals surface area contributed by atoms with Crippen LogP contribution in [0.15, 0.2) is 23.4 Å². The van der Waals surface area contributed by atoms with E-state index in [2.05, 4.69) is 10.5 Å². The van der Waals surface area contributed by atoms with Crippen molar-refractivity contribution in [3.8, 4) is 0 Å². The number of benzene rings is 1. The van der Waals surface area contributed by atoms with Crippen LogP contribution in [0.1, 0.15) is 17.2 Å². The van der Waals surface area contributed by atoms with E-state index in [0.717, 1.165) is 5.56 Å². The van der Waals surface area contributed by atoms with Gasteiger partial charge in [-0.2, -0.15) is 0 Å². The molecule has 0 fully saturated rings. The summed E-state index contributed by atoms with van der Waals surface area (Å²) in [6.07, 6.45) is 0. The Labute approximate surface area is 79.7 Å². The quantitative estimate of drug-likeness (QED) is 0.692. The highest BCUT2D eigenvalue weighted by molar-refractivity contribution is 5.77. The van der Waals surface area contributed by atoms with Gasteiger partial charge in [-0.25, -0.2) is 0 Å². The van der Waals surface area contributed by atoms with Crippen LogP contribution in [0, 0.1) is 4.91 Å².